The van der Waals surface area contributed by atoms with Crippen molar-refractivity contribution in [3.8, 4) is 0 Å². The van der Waals surface area contributed by atoms with Crippen molar-refractivity contribution in [3.63, 3.8) is 0 Å². The summed E-state index contributed by atoms with van der Waals surface area (Å²) in [6.07, 6.45) is 3.70. The summed E-state index contributed by atoms with van der Waals surface area (Å²) in [7, 11) is 0. The van der Waals surface area contributed by atoms with Crippen molar-refractivity contribution in [3.05, 3.63) is 34.3 Å². The zero-order valence-corrected chi connectivity index (χ0v) is 12.8. The Kier molecular flexibility index (Phi) is 5.26. The fraction of sp³-hybridized carbons (Fsp3) is 0.625. The van der Waals surface area contributed by atoms with Crippen LogP contribution >= 0.6 is 11.6 Å². The predicted octanol–water partition coefficient (Wildman–Crippen LogP) is 3.77. The lowest BCUT2D eigenvalue weighted by molar-refractivity contribution is 0.0956. The van der Waals surface area contributed by atoms with E-state index < -0.39 is 0 Å². The Morgan fingerprint density at radius 1 is 1.42 bits per heavy atom. The van der Waals surface area contributed by atoms with E-state index in [1.54, 1.807) is 0 Å². The van der Waals surface area contributed by atoms with Gasteiger partial charge in [-0.25, -0.2) is 0 Å². The van der Waals surface area contributed by atoms with Gasteiger partial charge in [-0.1, -0.05) is 24.6 Å². The fourth-order valence-electron chi connectivity index (χ4n) is 3.36. The van der Waals surface area contributed by atoms with Gasteiger partial charge in [-0.2, -0.15) is 0 Å². The first kappa shape index (κ1) is 14.8. The van der Waals surface area contributed by atoms with Gasteiger partial charge in [0.1, 0.15) is 0 Å². The first-order valence-electron chi connectivity index (χ1n) is 7.37. The number of halogens is 1. The van der Waals surface area contributed by atoms with E-state index in [0.29, 0.717) is 12.0 Å². The normalized spacial score (nSPS) is 24.6. The van der Waals surface area contributed by atoms with Gasteiger partial charge >= 0.3 is 0 Å². The highest BCUT2D eigenvalue weighted by Gasteiger charge is 2.32. The summed E-state index contributed by atoms with van der Waals surface area (Å²) in [5.41, 5.74) is 8.72. The summed E-state index contributed by atoms with van der Waals surface area (Å²) in [6, 6.07) is 6.74. The van der Waals surface area contributed by atoms with Gasteiger partial charge in [0.05, 0.1) is 0 Å². The molecule has 2 atom stereocenters. The van der Waals surface area contributed by atoms with E-state index in [2.05, 4.69) is 30.9 Å². The average Bonchev–Trinajstić information content (AvgIpc) is 2.39. The Balaban J connectivity index is 2.33. The molecule has 1 saturated heterocycles. The molecule has 0 aromatic heterocycles. The molecule has 0 bridgehead atoms. The van der Waals surface area contributed by atoms with Crippen molar-refractivity contribution >= 4 is 11.6 Å². The minimum atomic E-state index is 0.468. The fourth-order valence-corrected chi connectivity index (χ4v) is 3.58. The molecule has 1 heterocycles. The second-order valence-corrected chi connectivity index (χ2v) is 6.06. The lowest BCUT2D eigenvalue weighted by Gasteiger charge is -2.42. The Morgan fingerprint density at radius 3 is 2.84 bits per heavy atom. The second kappa shape index (κ2) is 6.74. The number of aryl methyl sites for hydroxylation is 1. The topological polar surface area (TPSA) is 29.3 Å². The Labute approximate surface area is 121 Å². The van der Waals surface area contributed by atoms with Crippen molar-refractivity contribution in [2.24, 2.45) is 11.7 Å². The molecule has 0 amide bonds. The number of nitrogens with zero attached hydrogens (tertiary/aromatic N) is 1. The van der Waals surface area contributed by atoms with Gasteiger partial charge in [0.2, 0.25) is 0 Å². The molecule has 3 heteroatoms. The summed E-state index contributed by atoms with van der Waals surface area (Å²) >= 11 is 6.09. The van der Waals surface area contributed by atoms with Crippen LogP contribution in [0.15, 0.2) is 18.2 Å². The molecule has 19 heavy (non-hydrogen) atoms. The number of benzene rings is 1. The van der Waals surface area contributed by atoms with E-state index in [9.17, 15) is 0 Å². The van der Waals surface area contributed by atoms with Gasteiger partial charge in [0.25, 0.3) is 0 Å². The Morgan fingerprint density at radius 2 is 2.21 bits per heavy atom. The zero-order valence-electron chi connectivity index (χ0n) is 12.0. The minimum Gasteiger partial charge on any atom is -0.330 e. The minimum absolute atomic E-state index is 0.468. The third-order valence-corrected chi connectivity index (χ3v) is 4.46. The molecule has 0 aliphatic carbocycles. The van der Waals surface area contributed by atoms with Crippen LogP contribution in [0.1, 0.15) is 43.4 Å². The number of rotatable bonds is 4. The average molecular weight is 281 g/mol. The van der Waals surface area contributed by atoms with Crippen molar-refractivity contribution in [1.82, 2.24) is 4.90 Å². The summed E-state index contributed by atoms with van der Waals surface area (Å²) in [4.78, 5) is 2.61. The number of likely N-dealkylation sites (tertiary alicyclic amines) is 1. The number of hydrogen-bond donors (Lipinski definition) is 1. The van der Waals surface area contributed by atoms with Crippen LogP contribution in [0, 0.1) is 12.8 Å². The molecule has 0 saturated carbocycles. The summed E-state index contributed by atoms with van der Waals surface area (Å²) in [6.45, 7) is 7.53. The molecule has 2 unspecified atom stereocenters. The molecule has 2 N–H and O–H groups in total. The van der Waals surface area contributed by atoms with Crippen LogP contribution in [-0.4, -0.2) is 24.5 Å². The van der Waals surface area contributed by atoms with E-state index >= 15 is 0 Å². The smallest absolute Gasteiger partial charge is 0.0408 e. The van der Waals surface area contributed by atoms with Gasteiger partial charge in [-0.05, 0) is 75.0 Å². The highest BCUT2D eigenvalue weighted by atomic mass is 35.5. The number of piperidine rings is 1. The van der Waals surface area contributed by atoms with Gasteiger partial charge in [0.15, 0.2) is 0 Å². The molecule has 1 aromatic carbocycles. The standard InChI is InChI=1S/C16H25ClN2/c1-3-8-19-9-4-5-13(11-18)16(19)15-7-6-14(17)10-12(15)2/h6-7,10,13,16H,3-5,8-9,11,18H2,1-2H3. The summed E-state index contributed by atoms with van der Waals surface area (Å²) in [5.74, 6) is 0.570. The van der Waals surface area contributed by atoms with E-state index in [1.165, 1.54) is 36.9 Å². The van der Waals surface area contributed by atoms with Crippen molar-refractivity contribution < 1.29 is 0 Å². The molecular weight excluding hydrogens is 256 g/mol. The summed E-state index contributed by atoms with van der Waals surface area (Å²) in [5, 5.41) is 0.823. The van der Waals surface area contributed by atoms with E-state index in [-0.39, 0.29) is 0 Å². The lowest BCUT2D eigenvalue weighted by atomic mass is 9.83. The van der Waals surface area contributed by atoms with E-state index in [0.717, 1.165) is 18.1 Å². The first-order valence-corrected chi connectivity index (χ1v) is 7.75. The van der Waals surface area contributed by atoms with Gasteiger partial charge in [0, 0.05) is 11.1 Å². The maximum atomic E-state index is 6.09. The third-order valence-electron chi connectivity index (χ3n) is 4.22. The van der Waals surface area contributed by atoms with Crippen LogP contribution in [0.4, 0.5) is 0 Å². The highest BCUT2D eigenvalue weighted by Crippen LogP contribution is 2.37. The Bertz CT molecular complexity index is 417. The predicted molar refractivity (Wildman–Crippen MR) is 82.6 cm³/mol. The number of nitrogens with two attached hydrogens (primary N) is 1. The molecule has 2 rings (SSSR count). The Hall–Kier alpha value is -0.570. The van der Waals surface area contributed by atoms with Crippen LogP contribution in [0.25, 0.3) is 0 Å². The van der Waals surface area contributed by atoms with Crippen molar-refractivity contribution in [2.75, 3.05) is 19.6 Å². The van der Waals surface area contributed by atoms with Crippen LogP contribution < -0.4 is 5.73 Å². The van der Waals surface area contributed by atoms with Gasteiger partial charge in [-0.3, -0.25) is 4.90 Å². The SMILES string of the molecule is CCCN1CCCC(CN)C1c1ccc(Cl)cc1C. The largest absolute Gasteiger partial charge is 0.330 e. The number of hydrogen-bond acceptors (Lipinski definition) is 2. The van der Waals surface area contributed by atoms with Crippen LogP contribution in [-0.2, 0) is 0 Å². The third kappa shape index (κ3) is 3.31. The molecule has 0 radical (unpaired) electrons. The maximum Gasteiger partial charge on any atom is 0.0408 e. The molecular formula is C16H25ClN2. The maximum absolute atomic E-state index is 6.09. The quantitative estimate of drug-likeness (QED) is 0.910. The van der Waals surface area contributed by atoms with Crippen molar-refractivity contribution in [2.45, 2.75) is 39.2 Å². The van der Waals surface area contributed by atoms with Crippen LogP contribution in [0.2, 0.25) is 5.02 Å². The molecule has 1 aliphatic heterocycles. The summed E-state index contributed by atoms with van der Waals surface area (Å²) < 4.78 is 0. The highest BCUT2D eigenvalue weighted by molar-refractivity contribution is 6.30. The van der Waals surface area contributed by atoms with Gasteiger partial charge < -0.3 is 5.73 Å². The molecule has 0 spiro atoms. The molecule has 1 fully saturated rings. The molecule has 1 aliphatic rings. The van der Waals surface area contributed by atoms with E-state index in [4.69, 9.17) is 17.3 Å². The first-order chi connectivity index (χ1) is 9.17. The van der Waals surface area contributed by atoms with Crippen LogP contribution in [0.3, 0.4) is 0 Å². The van der Waals surface area contributed by atoms with Crippen LogP contribution in [0.5, 0.6) is 0 Å². The molecule has 106 valence electrons. The monoisotopic (exact) mass is 280 g/mol. The molecule has 1 aromatic rings. The second-order valence-electron chi connectivity index (χ2n) is 5.62. The molecule has 2 nitrogen and oxygen atoms in total. The van der Waals surface area contributed by atoms with E-state index in [1.807, 2.05) is 6.07 Å². The lowest BCUT2D eigenvalue weighted by Crippen LogP contribution is -2.42. The van der Waals surface area contributed by atoms with Crippen molar-refractivity contribution in [1.29, 1.82) is 0 Å². The zero-order chi connectivity index (χ0) is 13.8. The van der Waals surface area contributed by atoms with Gasteiger partial charge in [-0.15, -0.1) is 0 Å².